The van der Waals surface area contributed by atoms with Crippen LogP contribution in [0.25, 0.3) is 10.8 Å². The molecular formula is C14H11N3O2. The number of nitrogens with one attached hydrogen (secondary N) is 1. The second-order valence-corrected chi connectivity index (χ2v) is 4.22. The van der Waals surface area contributed by atoms with Crippen LogP contribution in [0.1, 0.15) is 5.56 Å². The third-order valence-electron chi connectivity index (χ3n) is 2.93. The Kier molecular flexibility index (Phi) is 2.72. The summed E-state index contributed by atoms with van der Waals surface area (Å²) in [5.74, 6) is -0.333. The normalized spacial score (nSPS) is 15.5. The zero-order chi connectivity index (χ0) is 13.2. The first-order valence-corrected chi connectivity index (χ1v) is 5.87. The van der Waals surface area contributed by atoms with E-state index in [2.05, 4.69) is 10.4 Å². The molecule has 0 unspecified atom stereocenters. The van der Waals surface area contributed by atoms with Crippen LogP contribution in [0.15, 0.2) is 47.6 Å². The van der Waals surface area contributed by atoms with E-state index in [1.807, 2.05) is 42.5 Å². The molecule has 0 spiro atoms. The van der Waals surface area contributed by atoms with Gasteiger partial charge in [0.1, 0.15) is 6.54 Å². The van der Waals surface area contributed by atoms with E-state index in [-0.39, 0.29) is 12.5 Å². The summed E-state index contributed by atoms with van der Waals surface area (Å²) in [5.41, 5.74) is 0.908. The lowest BCUT2D eigenvalue weighted by Gasteiger charge is -2.05. The van der Waals surface area contributed by atoms with Crippen molar-refractivity contribution in [2.45, 2.75) is 0 Å². The molecule has 1 aliphatic rings. The molecule has 0 aromatic heterocycles. The van der Waals surface area contributed by atoms with Crippen molar-refractivity contribution < 1.29 is 9.59 Å². The Balaban J connectivity index is 1.93. The highest BCUT2D eigenvalue weighted by molar-refractivity contribution is 6.03. The van der Waals surface area contributed by atoms with Gasteiger partial charge >= 0.3 is 6.03 Å². The van der Waals surface area contributed by atoms with E-state index in [1.165, 1.54) is 0 Å². The zero-order valence-electron chi connectivity index (χ0n) is 10.0. The minimum Gasteiger partial charge on any atom is -0.275 e. The smallest absolute Gasteiger partial charge is 0.275 e. The first kappa shape index (κ1) is 11.4. The number of hydrogen-bond donors (Lipinski definition) is 1. The molecule has 0 atom stereocenters. The van der Waals surface area contributed by atoms with Crippen molar-refractivity contribution in [1.29, 1.82) is 0 Å². The number of rotatable bonds is 2. The molecule has 2 aromatic rings. The molecule has 1 heterocycles. The summed E-state index contributed by atoms with van der Waals surface area (Å²) in [6.07, 6.45) is 1.60. The Hall–Kier alpha value is -2.69. The average Bonchev–Trinajstić information content (AvgIpc) is 2.74. The Morgan fingerprint density at radius 1 is 1.11 bits per heavy atom. The number of carbonyl (C=O) groups is 2. The van der Waals surface area contributed by atoms with Gasteiger partial charge in [0.15, 0.2) is 0 Å². The van der Waals surface area contributed by atoms with Crippen LogP contribution in [0.4, 0.5) is 4.79 Å². The van der Waals surface area contributed by atoms with Gasteiger partial charge in [-0.05, 0) is 10.8 Å². The molecule has 0 bridgehead atoms. The fraction of sp³-hybridized carbons (Fsp3) is 0.0714. The molecule has 1 aliphatic heterocycles. The minimum absolute atomic E-state index is 0.0277. The Labute approximate surface area is 109 Å². The van der Waals surface area contributed by atoms with Crippen LogP contribution in [-0.4, -0.2) is 29.7 Å². The molecule has 0 aliphatic carbocycles. The van der Waals surface area contributed by atoms with Crippen LogP contribution in [0, 0.1) is 0 Å². The number of imide groups is 1. The van der Waals surface area contributed by atoms with E-state index in [4.69, 9.17) is 0 Å². The largest absolute Gasteiger partial charge is 0.344 e. The highest BCUT2D eigenvalue weighted by Gasteiger charge is 2.25. The van der Waals surface area contributed by atoms with Crippen molar-refractivity contribution in [1.82, 2.24) is 10.3 Å². The molecule has 5 heteroatoms. The Morgan fingerprint density at radius 2 is 1.89 bits per heavy atom. The SMILES string of the molecule is O=C1CN(/N=C/c2cccc3ccccc23)C(=O)N1. The van der Waals surface area contributed by atoms with Crippen LogP contribution in [0.5, 0.6) is 0 Å². The molecule has 2 aromatic carbocycles. The standard InChI is InChI=1S/C14H11N3O2/c18-13-9-17(14(19)16-13)15-8-11-6-3-5-10-4-1-2-7-12(10)11/h1-8H,9H2,(H,16,18,19)/b15-8+. The lowest BCUT2D eigenvalue weighted by atomic mass is 10.1. The second kappa shape index (κ2) is 4.53. The van der Waals surface area contributed by atoms with Gasteiger partial charge in [-0.3, -0.25) is 10.1 Å². The maximum Gasteiger partial charge on any atom is 0.344 e. The predicted octanol–water partition coefficient (Wildman–Crippen LogP) is 1.73. The third-order valence-corrected chi connectivity index (χ3v) is 2.93. The lowest BCUT2D eigenvalue weighted by molar-refractivity contribution is -0.118. The Bertz CT molecular complexity index is 689. The highest BCUT2D eigenvalue weighted by Crippen LogP contribution is 2.17. The topological polar surface area (TPSA) is 61.8 Å². The average molecular weight is 253 g/mol. The predicted molar refractivity (Wildman–Crippen MR) is 71.8 cm³/mol. The van der Waals surface area contributed by atoms with Gasteiger partial charge in [0.05, 0.1) is 6.21 Å². The van der Waals surface area contributed by atoms with E-state index in [0.717, 1.165) is 21.3 Å². The molecule has 19 heavy (non-hydrogen) atoms. The van der Waals surface area contributed by atoms with E-state index >= 15 is 0 Å². The number of nitrogens with zero attached hydrogens (tertiary/aromatic N) is 2. The lowest BCUT2D eigenvalue weighted by Crippen LogP contribution is -2.24. The molecule has 0 saturated carbocycles. The number of hydrazone groups is 1. The van der Waals surface area contributed by atoms with E-state index < -0.39 is 6.03 Å². The molecule has 3 amide bonds. The maximum absolute atomic E-state index is 11.3. The third kappa shape index (κ3) is 2.18. The van der Waals surface area contributed by atoms with Crippen LogP contribution in [-0.2, 0) is 4.79 Å². The van der Waals surface area contributed by atoms with Gasteiger partial charge in [-0.2, -0.15) is 5.10 Å². The van der Waals surface area contributed by atoms with Crippen LogP contribution < -0.4 is 5.32 Å². The molecule has 94 valence electrons. The van der Waals surface area contributed by atoms with E-state index in [9.17, 15) is 9.59 Å². The molecule has 0 radical (unpaired) electrons. The summed E-state index contributed by atoms with van der Waals surface area (Å²) < 4.78 is 0. The van der Waals surface area contributed by atoms with Crippen molar-refractivity contribution >= 4 is 28.9 Å². The van der Waals surface area contributed by atoms with Crippen molar-refractivity contribution in [2.75, 3.05) is 6.54 Å². The van der Waals surface area contributed by atoms with Crippen molar-refractivity contribution in [3.8, 4) is 0 Å². The van der Waals surface area contributed by atoms with Gasteiger partial charge in [0.25, 0.3) is 0 Å². The van der Waals surface area contributed by atoms with Crippen LogP contribution in [0.3, 0.4) is 0 Å². The zero-order valence-corrected chi connectivity index (χ0v) is 10.0. The highest BCUT2D eigenvalue weighted by atomic mass is 16.2. The van der Waals surface area contributed by atoms with Gasteiger partial charge in [-0.15, -0.1) is 0 Å². The van der Waals surface area contributed by atoms with Crippen LogP contribution >= 0.6 is 0 Å². The summed E-state index contributed by atoms with van der Waals surface area (Å²) in [6, 6.07) is 13.3. The van der Waals surface area contributed by atoms with Gasteiger partial charge in [-0.25, -0.2) is 9.80 Å². The summed E-state index contributed by atoms with van der Waals surface area (Å²) >= 11 is 0. The van der Waals surface area contributed by atoms with Gasteiger partial charge in [0, 0.05) is 5.56 Å². The molecular weight excluding hydrogens is 242 g/mol. The fourth-order valence-corrected chi connectivity index (χ4v) is 2.02. The van der Waals surface area contributed by atoms with Gasteiger partial charge < -0.3 is 0 Å². The van der Waals surface area contributed by atoms with Crippen molar-refractivity contribution in [3.05, 3.63) is 48.0 Å². The Morgan fingerprint density at radius 3 is 2.68 bits per heavy atom. The summed E-state index contributed by atoms with van der Waals surface area (Å²) in [4.78, 5) is 22.4. The molecule has 1 N–H and O–H groups in total. The minimum atomic E-state index is -0.485. The maximum atomic E-state index is 11.3. The quantitative estimate of drug-likeness (QED) is 0.654. The van der Waals surface area contributed by atoms with E-state index in [1.54, 1.807) is 6.21 Å². The number of hydrogen-bond acceptors (Lipinski definition) is 3. The number of benzene rings is 2. The number of carbonyl (C=O) groups excluding carboxylic acids is 2. The molecule has 3 rings (SSSR count). The van der Waals surface area contributed by atoms with E-state index in [0.29, 0.717) is 0 Å². The van der Waals surface area contributed by atoms with Crippen molar-refractivity contribution in [3.63, 3.8) is 0 Å². The number of fused-ring (bicyclic) bond motifs is 1. The van der Waals surface area contributed by atoms with Crippen molar-refractivity contribution in [2.24, 2.45) is 5.10 Å². The first-order chi connectivity index (χ1) is 9.24. The fourth-order valence-electron chi connectivity index (χ4n) is 2.02. The summed E-state index contributed by atoms with van der Waals surface area (Å²) in [6.45, 7) is -0.0277. The monoisotopic (exact) mass is 253 g/mol. The molecule has 1 saturated heterocycles. The molecule has 5 nitrogen and oxygen atoms in total. The summed E-state index contributed by atoms with van der Waals surface area (Å²) in [5, 5.41) is 9.50. The van der Waals surface area contributed by atoms with Crippen LogP contribution in [0.2, 0.25) is 0 Å². The molecule has 1 fully saturated rings. The number of urea groups is 1. The summed E-state index contributed by atoms with van der Waals surface area (Å²) in [7, 11) is 0. The van der Waals surface area contributed by atoms with Gasteiger partial charge in [0.2, 0.25) is 5.91 Å². The van der Waals surface area contributed by atoms with Gasteiger partial charge in [-0.1, -0.05) is 42.5 Å². The number of amides is 3. The second-order valence-electron chi connectivity index (χ2n) is 4.22. The first-order valence-electron chi connectivity index (χ1n) is 5.87.